The summed E-state index contributed by atoms with van der Waals surface area (Å²) in [5.41, 5.74) is -0.902. The Hall–Kier alpha value is -1.32. The Morgan fingerprint density at radius 2 is 2.45 bits per heavy atom. The second-order valence-electron chi connectivity index (χ2n) is 2.78. The van der Waals surface area contributed by atoms with Gasteiger partial charge < -0.3 is 10.3 Å². The van der Waals surface area contributed by atoms with Gasteiger partial charge in [-0.1, -0.05) is 0 Å². The number of hydrogen-bond acceptors (Lipinski definition) is 2. The van der Waals surface area contributed by atoms with E-state index in [2.05, 4.69) is 0 Å². The van der Waals surface area contributed by atoms with Gasteiger partial charge in [-0.25, -0.2) is 0 Å². The highest BCUT2D eigenvalue weighted by atomic mass is 16.5. The van der Waals surface area contributed by atoms with Crippen molar-refractivity contribution >= 4 is 12.2 Å². The number of hydrogen-bond donors (Lipinski definition) is 1. The van der Waals surface area contributed by atoms with Gasteiger partial charge in [-0.05, 0) is 13.0 Å². The van der Waals surface area contributed by atoms with Crippen molar-refractivity contribution in [3.8, 4) is 0 Å². The number of aliphatic carboxylic acids is 1. The molecule has 4 heteroatoms. The van der Waals surface area contributed by atoms with Crippen LogP contribution >= 0.6 is 0 Å². The first-order valence-corrected chi connectivity index (χ1v) is 3.26. The first-order valence-electron chi connectivity index (χ1n) is 3.26. The van der Waals surface area contributed by atoms with Crippen LogP contribution in [0.1, 0.15) is 13.3 Å². The van der Waals surface area contributed by atoms with E-state index in [-0.39, 0.29) is 6.42 Å². The van der Waals surface area contributed by atoms with Crippen LogP contribution in [0.25, 0.3) is 0 Å². The molecule has 1 rings (SSSR count). The molecule has 4 nitrogen and oxygen atoms in total. The predicted octanol–water partition coefficient (Wildman–Crippen LogP) is 0.576. The number of rotatable bonds is 1. The van der Waals surface area contributed by atoms with E-state index in [0.717, 1.165) is 0 Å². The minimum atomic E-state index is -0.905. The van der Waals surface area contributed by atoms with Crippen molar-refractivity contribution < 1.29 is 14.6 Å². The lowest BCUT2D eigenvalue weighted by molar-refractivity contribution is -0.378. The van der Waals surface area contributed by atoms with Crippen molar-refractivity contribution in [3.63, 3.8) is 0 Å². The first kappa shape index (κ1) is 7.78. The molecule has 0 spiro atoms. The topological polar surface area (TPSA) is 63.4 Å². The highest BCUT2D eigenvalue weighted by Gasteiger charge is 2.33. The molecule has 0 fully saturated rings. The Labute approximate surface area is 64.0 Å². The molecule has 0 aliphatic carbocycles. The van der Waals surface area contributed by atoms with Gasteiger partial charge in [0.05, 0.1) is 5.41 Å². The highest BCUT2D eigenvalue weighted by Crippen LogP contribution is 2.24. The lowest BCUT2D eigenvalue weighted by atomic mass is 9.86. The Morgan fingerprint density at radius 3 is 2.82 bits per heavy atom. The van der Waals surface area contributed by atoms with Crippen LogP contribution in [0.5, 0.6) is 0 Å². The molecule has 0 aromatic rings. The summed E-state index contributed by atoms with van der Waals surface area (Å²) < 4.78 is 0.616. The molecule has 0 saturated heterocycles. The number of carboxylic acids is 1. The molecule has 0 bridgehead atoms. The highest BCUT2D eigenvalue weighted by molar-refractivity contribution is 5.80. The third-order valence-corrected chi connectivity index (χ3v) is 1.77. The van der Waals surface area contributed by atoms with E-state index in [9.17, 15) is 10.0 Å². The minimum absolute atomic E-state index is 0.252. The van der Waals surface area contributed by atoms with Crippen LogP contribution < -0.4 is 0 Å². The zero-order chi connectivity index (χ0) is 8.48. The second-order valence-corrected chi connectivity index (χ2v) is 2.78. The molecule has 0 aromatic carbocycles. The summed E-state index contributed by atoms with van der Waals surface area (Å²) in [5, 5.41) is 19.2. The fraction of sp³-hybridized carbons (Fsp3) is 0.429. The lowest BCUT2D eigenvalue weighted by Gasteiger charge is -2.19. The molecule has 1 unspecified atom stereocenters. The third-order valence-electron chi connectivity index (χ3n) is 1.77. The van der Waals surface area contributed by atoms with Gasteiger partial charge in [-0.2, -0.15) is 4.74 Å². The Kier molecular flexibility index (Phi) is 1.68. The van der Waals surface area contributed by atoms with Gasteiger partial charge >= 0.3 is 5.97 Å². The van der Waals surface area contributed by atoms with Crippen molar-refractivity contribution in [1.29, 1.82) is 0 Å². The van der Waals surface area contributed by atoms with Gasteiger partial charge in [0.2, 0.25) is 0 Å². The van der Waals surface area contributed by atoms with Gasteiger partial charge in [-0.3, -0.25) is 4.79 Å². The monoisotopic (exact) mass is 155 g/mol. The molecular weight excluding hydrogens is 146 g/mol. The molecule has 0 aromatic heterocycles. The average molecular weight is 155 g/mol. The Bertz CT molecular complexity index is 244. The van der Waals surface area contributed by atoms with E-state index in [1.165, 1.54) is 18.5 Å². The van der Waals surface area contributed by atoms with E-state index in [1.807, 2.05) is 0 Å². The fourth-order valence-corrected chi connectivity index (χ4v) is 0.805. The van der Waals surface area contributed by atoms with Crippen molar-refractivity contribution in [2.45, 2.75) is 13.3 Å². The van der Waals surface area contributed by atoms with Crippen LogP contribution in [-0.2, 0) is 4.79 Å². The van der Waals surface area contributed by atoms with Crippen LogP contribution in [0.15, 0.2) is 12.3 Å². The largest absolute Gasteiger partial charge is 0.619 e. The quantitative estimate of drug-likeness (QED) is 0.445. The van der Waals surface area contributed by atoms with Gasteiger partial charge in [0.15, 0.2) is 12.4 Å². The minimum Gasteiger partial charge on any atom is -0.619 e. The van der Waals surface area contributed by atoms with E-state index < -0.39 is 11.4 Å². The number of nitrogens with zero attached hydrogens (tertiary/aromatic N) is 1. The average Bonchev–Trinajstić information content (AvgIpc) is 1.95. The van der Waals surface area contributed by atoms with Crippen molar-refractivity contribution in [1.82, 2.24) is 0 Å². The predicted molar refractivity (Wildman–Crippen MR) is 39.2 cm³/mol. The Morgan fingerprint density at radius 1 is 1.82 bits per heavy atom. The van der Waals surface area contributed by atoms with Crippen LogP contribution in [0.2, 0.25) is 0 Å². The van der Waals surface area contributed by atoms with Gasteiger partial charge in [0, 0.05) is 6.42 Å². The number of hydroxylamine groups is 1. The van der Waals surface area contributed by atoms with Crippen molar-refractivity contribution in [2.75, 3.05) is 0 Å². The Balaban J connectivity index is 2.82. The standard InChI is InChI=1S/C7H9NO3/c1-7(6(9)10)2-4-8(11)5-3-7/h2,4-5H,3H2,1H3,(H,9,10). The van der Waals surface area contributed by atoms with Crippen LogP contribution in [0.4, 0.5) is 0 Å². The van der Waals surface area contributed by atoms with Crippen LogP contribution in [0.3, 0.4) is 0 Å². The summed E-state index contributed by atoms with van der Waals surface area (Å²) in [6.45, 7) is 1.58. The summed E-state index contributed by atoms with van der Waals surface area (Å²) in [4.78, 5) is 10.6. The van der Waals surface area contributed by atoms with Crippen molar-refractivity contribution in [3.05, 3.63) is 17.5 Å². The first-order chi connectivity index (χ1) is 5.04. The maximum atomic E-state index is 10.6. The maximum absolute atomic E-state index is 10.6. The maximum Gasteiger partial charge on any atom is 0.314 e. The molecule has 60 valence electrons. The zero-order valence-corrected chi connectivity index (χ0v) is 6.15. The molecule has 1 aliphatic heterocycles. The zero-order valence-electron chi connectivity index (χ0n) is 6.15. The second kappa shape index (κ2) is 2.38. The molecule has 0 saturated carbocycles. The van der Waals surface area contributed by atoms with E-state index in [0.29, 0.717) is 4.74 Å². The normalized spacial score (nSPS) is 29.7. The van der Waals surface area contributed by atoms with Gasteiger partial charge in [0.1, 0.15) is 0 Å². The fourth-order valence-electron chi connectivity index (χ4n) is 0.805. The van der Waals surface area contributed by atoms with Gasteiger partial charge in [-0.15, -0.1) is 0 Å². The van der Waals surface area contributed by atoms with E-state index >= 15 is 0 Å². The SMILES string of the molecule is CC1(C(=O)O)C=C[N+]([O-])=CC1. The molecule has 1 aliphatic rings. The molecule has 0 radical (unpaired) electrons. The molecule has 0 amide bonds. The summed E-state index contributed by atoms with van der Waals surface area (Å²) >= 11 is 0. The third kappa shape index (κ3) is 1.39. The summed E-state index contributed by atoms with van der Waals surface area (Å²) in [5.74, 6) is -0.905. The molecule has 1 heterocycles. The van der Waals surface area contributed by atoms with E-state index in [4.69, 9.17) is 5.11 Å². The van der Waals surface area contributed by atoms with Crippen molar-refractivity contribution in [2.24, 2.45) is 5.41 Å². The smallest absolute Gasteiger partial charge is 0.314 e. The van der Waals surface area contributed by atoms with Gasteiger partial charge in [0.25, 0.3) is 0 Å². The molecule has 11 heavy (non-hydrogen) atoms. The van der Waals surface area contributed by atoms with Crippen LogP contribution in [-0.4, -0.2) is 22.0 Å². The molecular formula is C7H9NO3. The molecule has 1 N–H and O–H groups in total. The summed E-state index contributed by atoms with van der Waals surface area (Å²) in [7, 11) is 0. The van der Waals surface area contributed by atoms with Crippen LogP contribution in [0, 0.1) is 10.6 Å². The lowest BCUT2D eigenvalue weighted by Crippen LogP contribution is -2.29. The summed E-state index contributed by atoms with van der Waals surface area (Å²) in [6.07, 6.45) is 4.19. The van der Waals surface area contributed by atoms with E-state index in [1.54, 1.807) is 6.92 Å². The number of carboxylic acid groups (broad SMARTS) is 1. The molecule has 1 atom stereocenters. The number of carbonyl (C=O) groups is 1. The summed E-state index contributed by atoms with van der Waals surface area (Å²) in [6, 6.07) is 0.